The monoisotopic (exact) mass is 1280 g/mol. The van der Waals surface area contributed by atoms with Crippen LogP contribution in [0.3, 0.4) is 0 Å². The molecule has 90 heavy (non-hydrogen) atoms. The van der Waals surface area contributed by atoms with E-state index >= 15 is 14.7 Å². The number of aromatic hydroxyl groups is 1. The van der Waals surface area contributed by atoms with Crippen LogP contribution in [0.1, 0.15) is 153 Å². The number of ether oxygens (including phenoxy) is 1. The van der Waals surface area contributed by atoms with Gasteiger partial charge in [-0.1, -0.05) is 72.1 Å². The summed E-state index contributed by atoms with van der Waals surface area (Å²) in [5.74, 6) is -1.14. The van der Waals surface area contributed by atoms with Crippen LogP contribution in [0.5, 0.6) is 5.75 Å². The van der Waals surface area contributed by atoms with Crippen molar-refractivity contribution in [1.82, 2.24) is 10.3 Å². The van der Waals surface area contributed by atoms with Crippen LogP contribution in [-0.2, 0) is 19.1 Å². The number of allylic oxidation sites excluding steroid dienone is 3. The first-order valence-electron chi connectivity index (χ1n) is 33.5. The van der Waals surface area contributed by atoms with Crippen LogP contribution in [-0.4, -0.2) is 147 Å². The first-order valence-corrected chi connectivity index (χ1v) is 36.0. The summed E-state index contributed by atoms with van der Waals surface area (Å²) in [7, 11) is 2.96. The topological polar surface area (TPSA) is 335 Å². The third-order valence-electron chi connectivity index (χ3n) is 26.3. The molecule has 25 atom stereocenters. The predicted octanol–water partition coefficient (Wildman–Crippen LogP) is 6.09. The Morgan fingerprint density at radius 1 is 0.922 bits per heavy atom. The molecule has 0 radical (unpaired) electrons. The molecule has 13 rings (SSSR count). The Hall–Kier alpha value is -4.40. The van der Waals surface area contributed by atoms with Gasteiger partial charge in [0.1, 0.15) is 17.9 Å². The molecule has 2 aromatic rings. The number of carbonyl (C=O) groups is 3. The number of cyclic esters (lactones) is 1. The summed E-state index contributed by atoms with van der Waals surface area (Å²) < 4.78 is 6.37. The lowest BCUT2D eigenvalue weighted by Gasteiger charge is -2.69. The number of aliphatic imine (C=N–C) groups is 1. The van der Waals surface area contributed by atoms with Gasteiger partial charge in [-0.3, -0.25) is 19.4 Å². The number of rotatable bonds is 8. The van der Waals surface area contributed by atoms with Gasteiger partial charge in [-0.05, 0) is 184 Å². The molecule has 1 aromatic heterocycles. The van der Waals surface area contributed by atoms with E-state index < -0.39 is 147 Å². The molecule has 15 N–H and O–H groups in total. The van der Waals surface area contributed by atoms with Gasteiger partial charge < -0.3 is 72.5 Å². The van der Waals surface area contributed by atoms with Gasteiger partial charge in [-0.2, -0.15) is 0 Å². The van der Waals surface area contributed by atoms with E-state index in [1.54, 1.807) is 37.4 Å². The molecule has 3 heterocycles. The SMILES string of the molecule is CCC1OC(=O)C(c2cc[nH]c2)C1C1C#CCC2CC3(O)C4=C5NC(CO)C(=O)CC(c6ccc(O)cc6)CSSCC6C(O)C(O)CC(C)(C4C4CCC(CN=C(N)N)C3(C4)C2C(C)(O)C2(O)CCC3(C1)C1CC(C)CCC1=CCC3C(C(O)O)C2)C6C5=O. The van der Waals surface area contributed by atoms with E-state index in [4.69, 9.17) is 21.2 Å². The number of carbonyl (C=O) groups excluding carboxylic acids is 3. The number of ketones is 2. The number of fused-ring (bicyclic) bond motifs is 10. The van der Waals surface area contributed by atoms with Gasteiger partial charge in [-0.15, -0.1) is 5.92 Å². The summed E-state index contributed by atoms with van der Waals surface area (Å²) in [6, 6.07) is 7.22. The number of guanidine groups is 1. The Balaban J connectivity index is 1.04. The predicted molar refractivity (Wildman–Crippen MR) is 341 cm³/mol. The van der Waals surface area contributed by atoms with Crippen molar-refractivity contribution in [3.05, 3.63) is 76.8 Å². The maximum atomic E-state index is 16.6. The third-order valence-corrected chi connectivity index (χ3v) is 28.8. The molecule has 2 spiro atoms. The summed E-state index contributed by atoms with van der Waals surface area (Å²) in [6.45, 7) is 7.26. The Morgan fingerprint density at radius 3 is 2.40 bits per heavy atom. The van der Waals surface area contributed by atoms with Crippen molar-refractivity contribution in [2.24, 2.45) is 110 Å². The molecule has 18 nitrogen and oxygen atoms in total. The quantitative estimate of drug-likeness (QED) is 0.0270. The summed E-state index contributed by atoms with van der Waals surface area (Å²) in [5.41, 5.74) is 6.16. The van der Waals surface area contributed by atoms with Crippen LogP contribution in [0.25, 0.3) is 0 Å². The summed E-state index contributed by atoms with van der Waals surface area (Å²) in [5, 5.41) is 118. The second-order valence-electron chi connectivity index (χ2n) is 30.5. The lowest BCUT2D eigenvalue weighted by Crippen LogP contribution is -2.72. The molecule has 2 aliphatic heterocycles. The molecule has 8 fully saturated rings. The molecule has 490 valence electrons. The van der Waals surface area contributed by atoms with Gasteiger partial charge in [0, 0.05) is 90.1 Å². The van der Waals surface area contributed by atoms with Gasteiger partial charge in [0.15, 0.2) is 23.8 Å². The second kappa shape index (κ2) is 23.8. The number of nitrogens with one attached hydrogen (secondary N) is 2. The van der Waals surface area contributed by atoms with Crippen molar-refractivity contribution in [2.45, 2.75) is 190 Å². The Morgan fingerprint density at radius 2 is 1.69 bits per heavy atom. The van der Waals surface area contributed by atoms with E-state index in [0.717, 1.165) is 30.4 Å². The number of nitrogens with two attached hydrogens (primary N) is 2. The van der Waals surface area contributed by atoms with Crippen molar-refractivity contribution >= 4 is 45.1 Å². The van der Waals surface area contributed by atoms with Gasteiger partial charge in [0.05, 0.1) is 47.2 Å². The smallest absolute Gasteiger partial charge is 0.314 e. The first kappa shape index (κ1) is 64.3. The number of hydrogen-bond donors (Lipinski definition) is 13. The highest BCUT2D eigenvalue weighted by Crippen LogP contribution is 2.78. The van der Waals surface area contributed by atoms with Crippen molar-refractivity contribution in [3.8, 4) is 17.6 Å². The number of aromatic nitrogens is 1. The molecule has 0 amide bonds. The number of aliphatic hydroxyl groups is 8. The number of aliphatic hydroxyl groups excluding tert-OH is 4. The number of aromatic amines is 1. The van der Waals surface area contributed by atoms with Crippen LogP contribution in [0.15, 0.2) is 70.6 Å². The lowest BCUT2D eigenvalue weighted by atomic mass is 9.37. The zero-order chi connectivity index (χ0) is 63.8. The largest absolute Gasteiger partial charge is 0.508 e. The molecule has 6 saturated carbocycles. The van der Waals surface area contributed by atoms with Gasteiger partial charge >= 0.3 is 5.97 Å². The second-order valence-corrected chi connectivity index (χ2v) is 33.0. The van der Waals surface area contributed by atoms with E-state index in [2.05, 4.69) is 35.1 Å². The zero-order valence-electron chi connectivity index (χ0n) is 52.4. The number of phenols is 1. The number of H-pyrrole nitrogens is 1. The highest BCUT2D eigenvalue weighted by molar-refractivity contribution is 8.76. The minimum Gasteiger partial charge on any atom is -0.508 e. The maximum Gasteiger partial charge on any atom is 0.314 e. The van der Waals surface area contributed by atoms with E-state index in [0.29, 0.717) is 55.8 Å². The summed E-state index contributed by atoms with van der Waals surface area (Å²) in [6.07, 6.45) is 6.63. The normalized spacial score (nSPS) is 46.6. The van der Waals surface area contributed by atoms with Crippen molar-refractivity contribution in [3.63, 3.8) is 0 Å². The fourth-order valence-electron chi connectivity index (χ4n) is 22.6. The maximum absolute atomic E-state index is 16.6. The Bertz CT molecular complexity index is 3250. The number of Topliss-reactive ketones (excluding diaryl/α,β-unsaturated/α-hetero) is 2. The minimum absolute atomic E-state index is 0.00178. The summed E-state index contributed by atoms with van der Waals surface area (Å²) in [4.78, 5) is 54.0. The fraction of sp³-hybridized carbons (Fsp3) is 0.714. The van der Waals surface area contributed by atoms with Crippen molar-refractivity contribution in [2.75, 3.05) is 24.7 Å². The molecule has 9 aliphatic carbocycles. The molecule has 20 heteroatoms. The highest BCUT2D eigenvalue weighted by atomic mass is 33.1. The van der Waals surface area contributed by atoms with E-state index in [9.17, 15) is 45.6 Å². The fourth-order valence-corrected chi connectivity index (χ4v) is 25.3. The van der Waals surface area contributed by atoms with Crippen molar-refractivity contribution in [1.29, 1.82) is 0 Å². The van der Waals surface area contributed by atoms with Crippen LogP contribution >= 0.6 is 21.6 Å². The Labute approximate surface area is 536 Å². The number of phenolic OH excluding ortho intramolecular Hbond substituents is 1. The molecule has 11 aliphatic rings. The molecule has 2 saturated heterocycles. The highest BCUT2D eigenvalue weighted by Gasteiger charge is 2.80. The van der Waals surface area contributed by atoms with Crippen LogP contribution in [0.2, 0.25) is 0 Å². The summed E-state index contributed by atoms with van der Waals surface area (Å²) >= 11 is 0. The van der Waals surface area contributed by atoms with E-state index in [-0.39, 0.29) is 98.2 Å². The number of benzene rings is 1. The molecule has 6 bridgehead atoms. The van der Waals surface area contributed by atoms with Crippen molar-refractivity contribution < 1.29 is 65.1 Å². The third kappa shape index (κ3) is 9.94. The van der Waals surface area contributed by atoms with Gasteiger partial charge in [0.25, 0.3) is 0 Å². The van der Waals surface area contributed by atoms with Crippen LogP contribution in [0, 0.1) is 105 Å². The zero-order valence-corrected chi connectivity index (χ0v) is 54.0. The molecule has 1 aromatic carbocycles. The standard InChI is InChI=1S/C70H95N5O13S2/c1-5-52-53(54(63(84)88-52)41-19-22-73-30-41)38-7-6-8-40-27-70(87)57-55(65(3)29-51(79)59(80)46-34-90-89-33-42(36-12-16-44(77)17-13-36)24-50(78)49(32-76)75-58(57)60(81)56(46)65)39-11-15-43(31-74-64(71)72)69(70,26-39)61(40)66(4,85)68(86)21-20-67(25-38)47(45(28-68)62(82)83)18-14-37-10-9-35(2)23-48(37)67/h12-14,16-17,19,22,30,35,38-40,42-43,45-49,51-56,59,61-62,73,75-77,79-80,82-83,85-87H,5,8-11,15,18,20-21,23-29,31-34H2,1-4H3,(H4,71,72,74). The molecular weight excluding hydrogens is 1180 g/mol. The minimum atomic E-state index is -2.14. The number of nitrogens with zero attached hydrogens (tertiary/aromatic N) is 1. The molecule has 25 unspecified atom stereocenters. The van der Waals surface area contributed by atoms with E-state index in [1.165, 1.54) is 27.2 Å². The number of esters is 1. The van der Waals surface area contributed by atoms with Crippen LogP contribution < -0.4 is 16.8 Å². The van der Waals surface area contributed by atoms with Crippen LogP contribution in [0.4, 0.5) is 0 Å². The first-order chi connectivity index (χ1) is 42.9. The lowest BCUT2D eigenvalue weighted by molar-refractivity contribution is -0.256. The van der Waals surface area contributed by atoms with E-state index in [1.807, 2.05) is 26.1 Å². The van der Waals surface area contributed by atoms with Gasteiger partial charge in [-0.25, -0.2) is 0 Å². The average Bonchev–Trinajstić information content (AvgIpc) is 1.41. The number of hydrogen-bond acceptors (Lipinski definition) is 17. The van der Waals surface area contributed by atoms with Gasteiger partial charge in [0.2, 0.25) is 0 Å². The average molecular weight is 1280 g/mol. The Kier molecular flexibility index (Phi) is 17.0. The molecular formula is C70H95N5O13S2.